The van der Waals surface area contributed by atoms with Crippen LogP contribution in [0.4, 0.5) is 0 Å². The van der Waals surface area contributed by atoms with Crippen molar-refractivity contribution in [1.82, 2.24) is 0 Å². The number of hydrogen-bond acceptors (Lipinski definition) is 3. The maximum atomic E-state index is 7.66. The number of hydrogen-bond donors (Lipinski definition) is 0. The van der Waals surface area contributed by atoms with Crippen LogP contribution in [-0.4, -0.2) is 35.2 Å². The van der Waals surface area contributed by atoms with Gasteiger partial charge in [-0.05, 0) is 46.9 Å². The highest BCUT2D eigenvalue weighted by molar-refractivity contribution is 7.07. The Kier molecular flexibility index (Phi) is 8.18. The molecule has 0 saturated carbocycles. The van der Waals surface area contributed by atoms with E-state index in [-0.39, 0.29) is 9.76 Å². The van der Waals surface area contributed by atoms with Gasteiger partial charge in [0.15, 0.2) is 8.32 Å². The van der Waals surface area contributed by atoms with E-state index in [1.807, 2.05) is 24.3 Å². The lowest BCUT2D eigenvalue weighted by molar-refractivity contribution is 0.363. The summed E-state index contributed by atoms with van der Waals surface area (Å²) < 4.78 is 21.7. The molecule has 0 spiro atoms. The molecule has 178 valence electrons. The molecule has 3 nitrogen and oxygen atoms in total. The van der Waals surface area contributed by atoms with Crippen LogP contribution in [0.2, 0.25) is 26.2 Å². The Hall–Kier alpha value is -2.37. The molecule has 0 aliphatic heterocycles. The highest BCUT2D eigenvalue weighted by atomic mass is 28.5. The first-order valence-corrected chi connectivity index (χ1v) is 20.3. The molecule has 4 aromatic rings. The van der Waals surface area contributed by atoms with Crippen LogP contribution in [0.1, 0.15) is 0 Å². The van der Waals surface area contributed by atoms with Gasteiger partial charge < -0.3 is 12.3 Å². The smallest absolute Gasteiger partial charge is 0.388 e. The molecule has 0 aromatic heterocycles. The van der Waals surface area contributed by atoms with Crippen molar-refractivity contribution in [3.63, 3.8) is 0 Å². The van der Waals surface area contributed by atoms with E-state index in [2.05, 4.69) is 123 Å². The molecule has 4 rings (SSSR count). The molecule has 0 N–H and O–H groups in total. The standard InChI is InChI=1S/C28H32O3Si4/c1-32-29-34(25-17-9-5-10-18-25,26-19-11-6-12-20-26)31-35(30-33(2,3)4,27-21-13-7-14-22-27)28-23-15-8-16-24-28/h5-24H,1-4H3. The maximum absolute atomic E-state index is 7.66. The first-order valence-electron chi connectivity index (χ1n) is 11.9. The fourth-order valence-corrected chi connectivity index (χ4v) is 18.5. The largest absolute Gasteiger partial charge is 0.430 e. The molecule has 7 heteroatoms. The molecule has 0 amide bonds. The molecular weight excluding hydrogens is 497 g/mol. The maximum Gasteiger partial charge on any atom is 0.388 e. The summed E-state index contributed by atoms with van der Waals surface area (Å²) in [7, 11) is -8.21. The lowest BCUT2D eigenvalue weighted by atomic mass is 10.4. The van der Waals surface area contributed by atoms with Gasteiger partial charge >= 0.3 is 17.1 Å². The van der Waals surface area contributed by atoms with Crippen molar-refractivity contribution in [2.45, 2.75) is 26.2 Å². The van der Waals surface area contributed by atoms with E-state index < -0.39 is 25.4 Å². The van der Waals surface area contributed by atoms with Gasteiger partial charge in [-0.25, -0.2) is 0 Å². The van der Waals surface area contributed by atoms with Crippen LogP contribution in [0, 0.1) is 0 Å². The molecule has 0 atom stereocenters. The number of rotatable bonds is 10. The Bertz CT molecular complexity index is 1110. The van der Waals surface area contributed by atoms with E-state index in [0.29, 0.717) is 0 Å². The van der Waals surface area contributed by atoms with Gasteiger partial charge in [-0.1, -0.05) is 121 Å². The second kappa shape index (κ2) is 11.1. The van der Waals surface area contributed by atoms with Crippen LogP contribution in [-0.2, 0) is 12.3 Å². The molecule has 35 heavy (non-hydrogen) atoms. The first-order chi connectivity index (χ1) is 16.9. The second-order valence-corrected chi connectivity index (χ2v) is 21.2. The van der Waals surface area contributed by atoms with E-state index >= 15 is 0 Å². The van der Waals surface area contributed by atoms with E-state index in [4.69, 9.17) is 12.3 Å². The van der Waals surface area contributed by atoms with Crippen LogP contribution < -0.4 is 20.7 Å². The van der Waals surface area contributed by atoms with E-state index in [9.17, 15) is 0 Å². The van der Waals surface area contributed by atoms with Crippen molar-refractivity contribution in [2.75, 3.05) is 0 Å². The van der Waals surface area contributed by atoms with E-state index in [1.165, 1.54) is 0 Å². The zero-order valence-electron chi connectivity index (χ0n) is 20.8. The summed E-state index contributed by atoms with van der Waals surface area (Å²) in [6, 6.07) is 41.9. The van der Waals surface area contributed by atoms with E-state index in [0.717, 1.165) is 20.7 Å². The molecule has 0 fully saturated rings. The molecule has 2 radical (unpaired) electrons. The molecule has 0 aliphatic carbocycles. The molecule has 0 unspecified atom stereocenters. The molecule has 0 aliphatic rings. The van der Waals surface area contributed by atoms with Crippen molar-refractivity contribution in [2.24, 2.45) is 0 Å². The van der Waals surface area contributed by atoms with Crippen LogP contribution in [0.15, 0.2) is 121 Å². The predicted molar refractivity (Wildman–Crippen MR) is 154 cm³/mol. The average molecular weight is 529 g/mol. The Morgan fingerprint density at radius 2 is 0.771 bits per heavy atom. The summed E-state index contributed by atoms with van der Waals surface area (Å²) in [6.45, 7) is 8.78. The van der Waals surface area contributed by atoms with Crippen LogP contribution in [0.25, 0.3) is 0 Å². The normalized spacial score (nSPS) is 12.5. The lowest BCUT2D eigenvalue weighted by Gasteiger charge is -2.44. The highest BCUT2D eigenvalue weighted by Crippen LogP contribution is 2.23. The van der Waals surface area contributed by atoms with Crippen molar-refractivity contribution >= 4 is 55.9 Å². The van der Waals surface area contributed by atoms with Crippen molar-refractivity contribution in [3.8, 4) is 0 Å². The van der Waals surface area contributed by atoms with Gasteiger partial charge in [0.2, 0.25) is 9.76 Å². The Morgan fingerprint density at radius 1 is 0.457 bits per heavy atom. The van der Waals surface area contributed by atoms with Gasteiger partial charge in [-0.3, -0.25) is 0 Å². The summed E-state index contributed by atoms with van der Waals surface area (Å²) in [6.07, 6.45) is 0. The van der Waals surface area contributed by atoms with Crippen LogP contribution >= 0.6 is 0 Å². The van der Waals surface area contributed by atoms with E-state index in [1.54, 1.807) is 0 Å². The fraction of sp³-hybridized carbons (Fsp3) is 0.143. The third kappa shape index (κ3) is 5.73. The third-order valence-corrected chi connectivity index (χ3v) is 17.8. The van der Waals surface area contributed by atoms with Crippen molar-refractivity contribution < 1.29 is 12.3 Å². The summed E-state index contributed by atoms with van der Waals surface area (Å²) in [5.74, 6) is 0. The zero-order chi connectivity index (χ0) is 24.8. The topological polar surface area (TPSA) is 27.7 Å². The van der Waals surface area contributed by atoms with Crippen molar-refractivity contribution in [1.29, 1.82) is 0 Å². The predicted octanol–water partition coefficient (Wildman–Crippen LogP) is 4.05. The van der Waals surface area contributed by atoms with Gasteiger partial charge in [0.1, 0.15) is 0 Å². The molecular formula is C28H32O3Si4. The quantitative estimate of drug-likeness (QED) is 0.291. The molecule has 0 saturated heterocycles. The Labute approximate surface area is 215 Å². The Balaban J connectivity index is 2.05. The Morgan fingerprint density at radius 3 is 1.06 bits per heavy atom. The van der Waals surface area contributed by atoms with Crippen molar-refractivity contribution in [3.05, 3.63) is 121 Å². The third-order valence-electron chi connectivity index (χ3n) is 5.60. The summed E-state index contributed by atoms with van der Waals surface area (Å²) in [5.41, 5.74) is 0. The number of benzene rings is 4. The lowest BCUT2D eigenvalue weighted by Crippen LogP contribution is -2.76. The van der Waals surface area contributed by atoms with Crippen LogP contribution in [0.3, 0.4) is 0 Å². The zero-order valence-corrected chi connectivity index (χ0v) is 24.8. The molecule has 4 aromatic carbocycles. The molecule has 0 heterocycles. The minimum absolute atomic E-state index is 0.264. The summed E-state index contributed by atoms with van der Waals surface area (Å²) in [5, 5.41) is 4.37. The minimum atomic E-state index is -3.22. The van der Waals surface area contributed by atoms with Gasteiger partial charge in [0, 0.05) is 0 Å². The highest BCUT2D eigenvalue weighted by Gasteiger charge is 2.55. The first kappa shape index (κ1) is 25.7. The van der Waals surface area contributed by atoms with Gasteiger partial charge in [0.25, 0.3) is 0 Å². The average Bonchev–Trinajstić information content (AvgIpc) is 2.89. The van der Waals surface area contributed by atoms with Crippen LogP contribution in [0.5, 0.6) is 0 Å². The van der Waals surface area contributed by atoms with Gasteiger partial charge in [-0.15, -0.1) is 0 Å². The minimum Gasteiger partial charge on any atom is -0.430 e. The van der Waals surface area contributed by atoms with Gasteiger partial charge in [-0.2, -0.15) is 0 Å². The summed E-state index contributed by atoms with van der Waals surface area (Å²) >= 11 is 0. The summed E-state index contributed by atoms with van der Waals surface area (Å²) in [4.78, 5) is 0. The fourth-order valence-electron chi connectivity index (χ4n) is 4.25. The van der Waals surface area contributed by atoms with Gasteiger partial charge in [0.05, 0.1) is 0 Å². The monoisotopic (exact) mass is 528 g/mol. The molecule has 0 bridgehead atoms. The SMILES string of the molecule is C[Si]O[Si](O[Si](O[Si](C)(C)C)(c1ccccc1)c1ccccc1)(c1ccccc1)c1ccccc1. The second-order valence-electron chi connectivity index (χ2n) is 9.32.